The fourth-order valence-corrected chi connectivity index (χ4v) is 3.93. The van der Waals surface area contributed by atoms with Crippen LogP contribution in [-0.2, 0) is 0 Å². The van der Waals surface area contributed by atoms with E-state index in [4.69, 9.17) is 5.73 Å². The van der Waals surface area contributed by atoms with Crippen LogP contribution < -0.4 is 5.73 Å². The number of thiophene rings is 1. The molecular formula is C13H23NS2. The highest BCUT2D eigenvalue weighted by molar-refractivity contribution is 8.00. The molecule has 0 aliphatic carbocycles. The molecule has 0 saturated heterocycles. The van der Waals surface area contributed by atoms with Crippen LogP contribution in [0, 0.1) is 5.92 Å². The minimum atomic E-state index is 0.268. The summed E-state index contributed by atoms with van der Waals surface area (Å²) in [6.07, 6.45) is 1.04. The Morgan fingerprint density at radius 3 is 2.50 bits per heavy atom. The van der Waals surface area contributed by atoms with E-state index in [1.165, 1.54) is 4.88 Å². The van der Waals surface area contributed by atoms with E-state index in [1.807, 2.05) is 23.1 Å². The van der Waals surface area contributed by atoms with Crippen molar-refractivity contribution < 1.29 is 0 Å². The van der Waals surface area contributed by atoms with Crippen molar-refractivity contribution in [3.05, 3.63) is 22.4 Å². The Labute approximate surface area is 108 Å². The fraction of sp³-hybridized carbons (Fsp3) is 0.692. The summed E-state index contributed by atoms with van der Waals surface area (Å²) in [5.41, 5.74) is 6.24. The van der Waals surface area contributed by atoms with E-state index >= 15 is 0 Å². The molecule has 3 unspecified atom stereocenters. The summed E-state index contributed by atoms with van der Waals surface area (Å²) < 4.78 is 0. The molecule has 0 saturated carbocycles. The van der Waals surface area contributed by atoms with Crippen molar-refractivity contribution in [3.8, 4) is 0 Å². The molecule has 0 bridgehead atoms. The molecule has 1 rings (SSSR count). The van der Waals surface area contributed by atoms with Crippen molar-refractivity contribution in [2.24, 2.45) is 11.7 Å². The molecule has 0 fully saturated rings. The first-order valence-corrected chi connectivity index (χ1v) is 7.83. The van der Waals surface area contributed by atoms with Crippen molar-refractivity contribution in [1.29, 1.82) is 0 Å². The maximum absolute atomic E-state index is 6.24. The Morgan fingerprint density at radius 2 is 2.06 bits per heavy atom. The van der Waals surface area contributed by atoms with E-state index in [2.05, 4.69) is 45.2 Å². The van der Waals surface area contributed by atoms with Crippen LogP contribution in [0.3, 0.4) is 0 Å². The Bertz CT molecular complexity index is 282. The van der Waals surface area contributed by atoms with Gasteiger partial charge in [-0.05, 0) is 23.8 Å². The predicted octanol–water partition coefficient (Wildman–Crippen LogP) is 4.30. The summed E-state index contributed by atoms with van der Waals surface area (Å²) in [6, 6.07) is 4.60. The largest absolute Gasteiger partial charge is 0.326 e. The monoisotopic (exact) mass is 257 g/mol. The fourth-order valence-electron chi connectivity index (χ4n) is 1.43. The van der Waals surface area contributed by atoms with Crippen LogP contribution in [0.2, 0.25) is 0 Å². The molecule has 0 spiro atoms. The van der Waals surface area contributed by atoms with Crippen molar-refractivity contribution in [2.75, 3.05) is 0 Å². The number of nitrogens with two attached hydrogens (primary N) is 1. The van der Waals surface area contributed by atoms with Gasteiger partial charge in [-0.15, -0.1) is 23.1 Å². The second-order valence-corrected chi connectivity index (χ2v) is 7.10. The normalized spacial score (nSPS) is 17.4. The van der Waals surface area contributed by atoms with Crippen LogP contribution in [-0.4, -0.2) is 11.3 Å². The molecule has 92 valence electrons. The van der Waals surface area contributed by atoms with E-state index < -0.39 is 0 Å². The molecule has 1 aromatic rings. The first-order chi connectivity index (χ1) is 7.56. The van der Waals surface area contributed by atoms with Gasteiger partial charge in [-0.1, -0.05) is 33.8 Å². The minimum Gasteiger partial charge on any atom is -0.326 e. The SMILES string of the molecule is CCC(N)C(SC(C)C(C)C)c1cccs1. The highest BCUT2D eigenvalue weighted by Crippen LogP contribution is 2.39. The molecule has 1 heterocycles. The Morgan fingerprint density at radius 1 is 1.38 bits per heavy atom. The van der Waals surface area contributed by atoms with Gasteiger partial charge in [-0.25, -0.2) is 0 Å². The Kier molecular flexibility index (Phi) is 5.87. The third kappa shape index (κ3) is 3.79. The summed E-state index contributed by atoms with van der Waals surface area (Å²) in [5.74, 6) is 0.705. The van der Waals surface area contributed by atoms with E-state index in [0.29, 0.717) is 16.4 Å². The lowest BCUT2D eigenvalue weighted by atomic mass is 10.1. The zero-order chi connectivity index (χ0) is 12.1. The van der Waals surface area contributed by atoms with Crippen LogP contribution in [0.4, 0.5) is 0 Å². The lowest BCUT2D eigenvalue weighted by molar-refractivity contribution is 0.613. The second-order valence-electron chi connectivity index (χ2n) is 4.59. The average molecular weight is 257 g/mol. The van der Waals surface area contributed by atoms with E-state index in [0.717, 1.165) is 6.42 Å². The number of hydrogen-bond acceptors (Lipinski definition) is 3. The topological polar surface area (TPSA) is 26.0 Å². The lowest BCUT2D eigenvalue weighted by Crippen LogP contribution is -2.27. The zero-order valence-corrected chi connectivity index (χ0v) is 12.3. The van der Waals surface area contributed by atoms with Gasteiger partial charge in [0.2, 0.25) is 0 Å². The lowest BCUT2D eigenvalue weighted by Gasteiger charge is -2.26. The first-order valence-electron chi connectivity index (χ1n) is 6.00. The molecule has 0 amide bonds. The molecule has 2 N–H and O–H groups in total. The molecule has 0 radical (unpaired) electrons. The molecule has 1 aromatic heterocycles. The van der Waals surface area contributed by atoms with Crippen LogP contribution >= 0.6 is 23.1 Å². The van der Waals surface area contributed by atoms with Gasteiger partial charge in [-0.2, -0.15) is 0 Å². The molecule has 0 aromatic carbocycles. The molecule has 16 heavy (non-hydrogen) atoms. The maximum atomic E-state index is 6.24. The summed E-state index contributed by atoms with van der Waals surface area (Å²) in [7, 11) is 0. The minimum absolute atomic E-state index is 0.268. The molecule has 3 atom stereocenters. The van der Waals surface area contributed by atoms with Gasteiger partial charge in [-0.3, -0.25) is 0 Å². The molecule has 0 aliphatic rings. The standard InChI is InChI=1S/C13H23NS2/c1-5-11(14)13(12-7-6-8-15-12)16-10(4)9(2)3/h6-11,13H,5,14H2,1-4H3. The average Bonchev–Trinajstić information content (AvgIpc) is 2.77. The van der Waals surface area contributed by atoms with E-state index in [9.17, 15) is 0 Å². The van der Waals surface area contributed by atoms with E-state index in [1.54, 1.807) is 0 Å². The van der Waals surface area contributed by atoms with Crippen molar-refractivity contribution in [3.63, 3.8) is 0 Å². The zero-order valence-electron chi connectivity index (χ0n) is 10.6. The third-order valence-electron chi connectivity index (χ3n) is 2.98. The number of thioether (sulfide) groups is 1. The quantitative estimate of drug-likeness (QED) is 0.822. The predicted molar refractivity (Wildman–Crippen MR) is 77.2 cm³/mol. The smallest absolute Gasteiger partial charge is 0.0544 e. The van der Waals surface area contributed by atoms with Gasteiger partial charge >= 0.3 is 0 Å². The summed E-state index contributed by atoms with van der Waals surface area (Å²) in [6.45, 7) is 9.03. The first kappa shape index (κ1) is 14.1. The van der Waals surface area contributed by atoms with Gasteiger partial charge in [0, 0.05) is 16.2 Å². The second kappa shape index (κ2) is 6.67. The maximum Gasteiger partial charge on any atom is 0.0544 e. The van der Waals surface area contributed by atoms with Crippen LogP contribution in [0.15, 0.2) is 17.5 Å². The summed E-state index contributed by atoms with van der Waals surface area (Å²) in [4.78, 5) is 1.42. The Balaban J connectivity index is 2.73. The summed E-state index contributed by atoms with van der Waals surface area (Å²) in [5, 5.41) is 3.26. The molecule has 3 heteroatoms. The van der Waals surface area contributed by atoms with Crippen LogP contribution in [0.5, 0.6) is 0 Å². The van der Waals surface area contributed by atoms with Gasteiger partial charge in [0.1, 0.15) is 0 Å². The van der Waals surface area contributed by atoms with Crippen molar-refractivity contribution in [1.82, 2.24) is 0 Å². The van der Waals surface area contributed by atoms with Gasteiger partial charge in [0.25, 0.3) is 0 Å². The van der Waals surface area contributed by atoms with Gasteiger partial charge in [0.05, 0.1) is 5.25 Å². The van der Waals surface area contributed by atoms with Crippen molar-refractivity contribution >= 4 is 23.1 Å². The highest BCUT2D eigenvalue weighted by atomic mass is 32.2. The number of rotatable bonds is 6. The summed E-state index contributed by atoms with van der Waals surface area (Å²) >= 11 is 3.86. The van der Waals surface area contributed by atoms with Crippen LogP contribution in [0.1, 0.15) is 44.2 Å². The van der Waals surface area contributed by atoms with E-state index in [-0.39, 0.29) is 6.04 Å². The highest BCUT2D eigenvalue weighted by Gasteiger charge is 2.23. The third-order valence-corrected chi connectivity index (χ3v) is 5.96. The van der Waals surface area contributed by atoms with Gasteiger partial charge in [0.15, 0.2) is 0 Å². The van der Waals surface area contributed by atoms with Gasteiger partial charge < -0.3 is 5.73 Å². The Hall–Kier alpha value is 0.01000. The molecule has 1 nitrogen and oxygen atoms in total. The molecule has 0 aliphatic heterocycles. The number of hydrogen-bond donors (Lipinski definition) is 1. The molecular weight excluding hydrogens is 234 g/mol. The van der Waals surface area contributed by atoms with Crippen LogP contribution in [0.25, 0.3) is 0 Å². The van der Waals surface area contributed by atoms with Crippen molar-refractivity contribution in [2.45, 2.75) is 50.7 Å².